The maximum absolute atomic E-state index is 11.0. The van der Waals surface area contributed by atoms with E-state index in [4.69, 9.17) is 5.21 Å². The maximum atomic E-state index is 11.0. The van der Waals surface area contributed by atoms with Gasteiger partial charge in [0.2, 0.25) is 0 Å². The first-order valence-corrected chi connectivity index (χ1v) is 11.0. The van der Waals surface area contributed by atoms with Crippen LogP contribution < -0.4 is 10.8 Å². The van der Waals surface area contributed by atoms with Crippen LogP contribution in [-0.2, 0) is 29.9 Å². The Morgan fingerprint density at radius 2 is 2.00 bits per heavy atom. The molecule has 2 heterocycles. The fourth-order valence-corrected chi connectivity index (χ4v) is 4.64. The lowest BCUT2D eigenvalue weighted by Gasteiger charge is -2.10. The van der Waals surface area contributed by atoms with Crippen molar-refractivity contribution in [1.29, 1.82) is 0 Å². The van der Waals surface area contributed by atoms with Gasteiger partial charge in [0.15, 0.2) is 0 Å². The number of H-pyrrole nitrogens is 1. The highest BCUT2D eigenvalue weighted by Gasteiger charge is 2.15. The van der Waals surface area contributed by atoms with Gasteiger partial charge in [-0.05, 0) is 59.5 Å². The molecule has 0 spiro atoms. The summed E-state index contributed by atoms with van der Waals surface area (Å²) in [6.07, 6.45) is 5.12. The summed E-state index contributed by atoms with van der Waals surface area (Å²) in [6.45, 7) is 1.72. The van der Waals surface area contributed by atoms with E-state index in [0.717, 1.165) is 30.8 Å². The molecule has 0 radical (unpaired) electrons. The number of carbonyl (C=O) groups is 1. The van der Waals surface area contributed by atoms with E-state index in [-0.39, 0.29) is 0 Å². The molecular formula is C23H25N3O2S. The van der Waals surface area contributed by atoms with E-state index >= 15 is 0 Å². The van der Waals surface area contributed by atoms with Crippen LogP contribution in [0.4, 0.5) is 0 Å². The first-order valence-electron chi connectivity index (χ1n) is 9.85. The van der Waals surface area contributed by atoms with E-state index < -0.39 is 5.91 Å². The second kappa shape index (κ2) is 9.31. The molecule has 4 N–H and O–H groups in total. The van der Waals surface area contributed by atoms with Crippen molar-refractivity contribution in [3.63, 3.8) is 0 Å². The lowest BCUT2D eigenvalue weighted by atomic mass is 10.1. The summed E-state index contributed by atoms with van der Waals surface area (Å²) < 4.78 is 0. The van der Waals surface area contributed by atoms with E-state index in [1.54, 1.807) is 11.6 Å². The van der Waals surface area contributed by atoms with Gasteiger partial charge in [-0.15, -0.1) is 0 Å². The van der Waals surface area contributed by atoms with E-state index in [9.17, 15) is 4.79 Å². The number of aryl methyl sites for hydroxylation is 1. The molecule has 3 aromatic rings. The number of hydroxylamine groups is 1. The number of rotatable bonds is 7. The molecule has 1 aliphatic heterocycles. The van der Waals surface area contributed by atoms with E-state index in [0.29, 0.717) is 0 Å². The Balaban J connectivity index is 1.28. The Kier molecular flexibility index (Phi) is 6.34. The Bertz CT molecular complexity index is 1020. The van der Waals surface area contributed by atoms with Crippen LogP contribution in [0, 0.1) is 0 Å². The number of hydrogen-bond acceptors (Lipinski definition) is 4. The Hall–Kier alpha value is -2.54. The zero-order valence-corrected chi connectivity index (χ0v) is 17.0. The predicted molar refractivity (Wildman–Crippen MR) is 119 cm³/mol. The number of benzene rings is 2. The minimum Gasteiger partial charge on any atom is -0.357 e. The van der Waals surface area contributed by atoms with E-state index in [1.165, 1.54) is 51.5 Å². The zero-order chi connectivity index (χ0) is 20.1. The largest absolute Gasteiger partial charge is 0.357 e. The Morgan fingerprint density at radius 3 is 2.83 bits per heavy atom. The second-order valence-electron chi connectivity index (χ2n) is 7.24. The third-order valence-electron chi connectivity index (χ3n) is 5.24. The monoisotopic (exact) mass is 407 g/mol. The van der Waals surface area contributed by atoms with Crippen molar-refractivity contribution in [2.45, 2.75) is 25.1 Å². The molecule has 1 aliphatic rings. The van der Waals surface area contributed by atoms with Crippen LogP contribution in [0.25, 0.3) is 17.0 Å². The summed E-state index contributed by atoms with van der Waals surface area (Å²) in [7, 11) is 0. The fraction of sp³-hybridized carbons (Fsp3) is 0.261. The van der Waals surface area contributed by atoms with Gasteiger partial charge in [-0.1, -0.05) is 36.4 Å². The van der Waals surface area contributed by atoms with Crippen LogP contribution in [0.15, 0.2) is 48.5 Å². The Labute approximate surface area is 174 Å². The van der Waals surface area contributed by atoms with Crippen LogP contribution in [0.1, 0.15) is 27.9 Å². The highest BCUT2D eigenvalue weighted by Crippen LogP contribution is 2.31. The quantitative estimate of drug-likeness (QED) is 0.208. The number of fused-ring (bicyclic) bond motifs is 3. The minimum atomic E-state index is -0.535. The normalized spacial score (nSPS) is 13.7. The molecule has 150 valence electrons. The van der Waals surface area contributed by atoms with Crippen molar-refractivity contribution in [2.24, 2.45) is 0 Å². The minimum absolute atomic E-state index is 0.535. The molecule has 2 aromatic carbocycles. The molecule has 4 rings (SSSR count). The van der Waals surface area contributed by atoms with Crippen molar-refractivity contribution in [3.8, 4) is 0 Å². The highest BCUT2D eigenvalue weighted by molar-refractivity contribution is 7.98. The van der Waals surface area contributed by atoms with Gasteiger partial charge < -0.3 is 10.3 Å². The van der Waals surface area contributed by atoms with Gasteiger partial charge in [0, 0.05) is 35.0 Å². The summed E-state index contributed by atoms with van der Waals surface area (Å²) in [5.41, 5.74) is 9.22. The van der Waals surface area contributed by atoms with E-state index in [1.807, 2.05) is 36.0 Å². The predicted octanol–water partition coefficient (Wildman–Crippen LogP) is 3.81. The van der Waals surface area contributed by atoms with E-state index in [2.05, 4.69) is 28.5 Å². The summed E-state index contributed by atoms with van der Waals surface area (Å²) in [4.78, 5) is 14.6. The topological polar surface area (TPSA) is 77.2 Å². The molecule has 1 amide bonds. The maximum Gasteiger partial charge on any atom is 0.267 e. The van der Waals surface area contributed by atoms with Crippen molar-refractivity contribution >= 4 is 34.6 Å². The summed E-state index contributed by atoms with van der Waals surface area (Å²) in [5.74, 6) is 1.79. The van der Waals surface area contributed by atoms with Gasteiger partial charge in [-0.2, -0.15) is 11.8 Å². The van der Waals surface area contributed by atoms with Gasteiger partial charge in [0.25, 0.3) is 5.91 Å². The van der Waals surface area contributed by atoms with Crippen molar-refractivity contribution < 1.29 is 10.0 Å². The zero-order valence-electron chi connectivity index (χ0n) is 16.2. The fourth-order valence-electron chi connectivity index (χ4n) is 3.69. The number of aromatic amines is 1. The third-order valence-corrected chi connectivity index (χ3v) is 6.22. The Morgan fingerprint density at radius 1 is 1.17 bits per heavy atom. The number of thioether (sulfide) groups is 1. The lowest BCUT2D eigenvalue weighted by molar-refractivity contribution is -0.124. The van der Waals surface area contributed by atoms with Crippen LogP contribution in [-0.4, -0.2) is 28.4 Å². The van der Waals surface area contributed by atoms with Gasteiger partial charge in [0.1, 0.15) is 0 Å². The average molecular weight is 408 g/mol. The van der Waals surface area contributed by atoms with Gasteiger partial charge in [0.05, 0.1) is 0 Å². The summed E-state index contributed by atoms with van der Waals surface area (Å²) in [5, 5.41) is 13.4. The number of carbonyl (C=O) groups excluding carboxylic acids is 1. The second-order valence-corrected chi connectivity index (χ2v) is 8.35. The molecule has 29 heavy (non-hydrogen) atoms. The SMILES string of the molecule is O=C(/C=C/c1ccc(CNCCc2ccc3c4c([nH]c3c2)CSCC4)cc1)NO. The van der Waals surface area contributed by atoms with Crippen molar-refractivity contribution in [3.05, 3.63) is 76.5 Å². The number of nitrogens with one attached hydrogen (secondary N) is 3. The number of amides is 1. The van der Waals surface area contributed by atoms with Crippen molar-refractivity contribution in [1.82, 2.24) is 15.8 Å². The van der Waals surface area contributed by atoms with Gasteiger partial charge in [-0.3, -0.25) is 10.0 Å². The van der Waals surface area contributed by atoms with Crippen LogP contribution >= 0.6 is 11.8 Å². The van der Waals surface area contributed by atoms with Crippen LogP contribution in [0.3, 0.4) is 0 Å². The molecule has 1 aromatic heterocycles. The molecule has 0 unspecified atom stereocenters. The molecule has 0 atom stereocenters. The number of hydrogen-bond donors (Lipinski definition) is 4. The molecule has 0 saturated heterocycles. The molecule has 0 bridgehead atoms. The van der Waals surface area contributed by atoms with Crippen molar-refractivity contribution in [2.75, 3.05) is 12.3 Å². The first kappa shape index (κ1) is 19.8. The van der Waals surface area contributed by atoms with Gasteiger partial charge >= 0.3 is 0 Å². The standard InChI is InChI=1S/C23H25N3O2S/c27-23(26-28)8-6-16-1-3-18(4-2-16)14-24-11-9-17-5-7-19-20-10-12-29-15-22(20)25-21(19)13-17/h1-8,13,24-25,28H,9-12,14-15H2,(H,26,27)/b8-6+. The summed E-state index contributed by atoms with van der Waals surface area (Å²) in [6, 6.07) is 14.8. The lowest BCUT2D eigenvalue weighted by Crippen LogP contribution is -2.16. The van der Waals surface area contributed by atoms with Crippen LogP contribution in [0.5, 0.6) is 0 Å². The molecule has 0 aliphatic carbocycles. The van der Waals surface area contributed by atoms with Crippen LogP contribution in [0.2, 0.25) is 0 Å². The molecule has 6 heteroatoms. The van der Waals surface area contributed by atoms with Gasteiger partial charge in [-0.25, -0.2) is 5.48 Å². The molecule has 0 saturated carbocycles. The third kappa shape index (κ3) is 4.90. The summed E-state index contributed by atoms with van der Waals surface area (Å²) >= 11 is 2.00. The molecule has 5 nitrogen and oxygen atoms in total. The number of aromatic nitrogens is 1. The first-order chi connectivity index (χ1) is 14.2. The highest BCUT2D eigenvalue weighted by atomic mass is 32.2. The average Bonchev–Trinajstić information content (AvgIpc) is 3.13. The molecule has 0 fully saturated rings. The smallest absolute Gasteiger partial charge is 0.267 e. The molecular weight excluding hydrogens is 382 g/mol.